The summed E-state index contributed by atoms with van der Waals surface area (Å²) in [6.07, 6.45) is 0. The number of carbonyl (C=O) groups is 1. The number of phenols is 2. The number of Topliss-reactive ketones (excluding diaryl/α,β-unsaturated/α-hetero) is 1. The Hall–Kier alpha value is -3.07. The molecule has 0 aliphatic heterocycles. The summed E-state index contributed by atoms with van der Waals surface area (Å²) >= 11 is 0. The molecule has 0 heterocycles. The number of ketones is 1. The smallest absolute Gasteiger partial charge is 0.174 e. The first kappa shape index (κ1) is 14.9. The lowest BCUT2D eigenvalue weighted by atomic mass is 9.85. The van der Waals surface area contributed by atoms with Gasteiger partial charge in [0.05, 0.1) is 5.92 Å². The lowest BCUT2D eigenvalue weighted by Crippen LogP contribution is -2.14. The molecule has 0 radical (unpaired) electrons. The fraction of sp³-hybridized carbons (Fsp3) is 0.0500. The third kappa shape index (κ3) is 3.09. The summed E-state index contributed by atoms with van der Waals surface area (Å²) in [5.41, 5.74) is 2.08. The van der Waals surface area contributed by atoms with Crippen LogP contribution in [-0.2, 0) is 0 Å². The van der Waals surface area contributed by atoms with E-state index < -0.39 is 5.92 Å². The van der Waals surface area contributed by atoms with Gasteiger partial charge in [-0.3, -0.25) is 4.79 Å². The summed E-state index contributed by atoms with van der Waals surface area (Å²) < 4.78 is 0. The zero-order valence-corrected chi connectivity index (χ0v) is 12.4. The van der Waals surface area contributed by atoms with Gasteiger partial charge in [0.1, 0.15) is 0 Å². The van der Waals surface area contributed by atoms with Gasteiger partial charge in [-0.15, -0.1) is 0 Å². The van der Waals surface area contributed by atoms with E-state index >= 15 is 0 Å². The Balaban J connectivity index is 2.11. The molecule has 0 aliphatic carbocycles. The summed E-state index contributed by atoms with van der Waals surface area (Å²) in [5, 5.41) is 19.3. The molecule has 2 N–H and O–H groups in total. The van der Waals surface area contributed by atoms with Crippen LogP contribution in [0.5, 0.6) is 11.5 Å². The van der Waals surface area contributed by atoms with Gasteiger partial charge in [-0.05, 0) is 23.3 Å². The molecule has 1 unspecified atom stereocenters. The summed E-state index contributed by atoms with van der Waals surface area (Å²) in [5.74, 6) is -1.02. The predicted molar refractivity (Wildman–Crippen MR) is 88.8 cm³/mol. The van der Waals surface area contributed by atoms with Crippen LogP contribution in [0, 0.1) is 0 Å². The molecule has 0 saturated carbocycles. The monoisotopic (exact) mass is 304 g/mol. The highest BCUT2D eigenvalue weighted by atomic mass is 16.3. The molecule has 1 atom stereocenters. The average molecular weight is 304 g/mol. The first-order valence-electron chi connectivity index (χ1n) is 7.33. The van der Waals surface area contributed by atoms with E-state index in [9.17, 15) is 15.0 Å². The average Bonchev–Trinajstić information content (AvgIpc) is 2.60. The molecule has 0 fully saturated rings. The van der Waals surface area contributed by atoms with Crippen LogP contribution in [-0.4, -0.2) is 16.0 Å². The van der Waals surface area contributed by atoms with Crippen LogP contribution in [0.4, 0.5) is 0 Å². The lowest BCUT2D eigenvalue weighted by Gasteiger charge is -2.17. The van der Waals surface area contributed by atoms with Crippen molar-refractivity contribution < 1.29 is 15.0 Å². The number of benzene rings is 3. The summed E-state index contributed by atoms with van der Waals surface area (Å²) in [6.45, 7) is 0. The van der Waals surface area contributed by atoms with Crippen molar-refractivity contribution in [3.8, 4) is 11.5 Å². The van der Waals surface area contributed by atoms with Crippen molar-refractivity contribution in [3.05, 3.63) is 95.6 Å². The largest absolute Gasteiger partial charge is 0.504 e. The van der Waals surface area contributed by atoms with Gasteiger partial charge in [0.15, 0.2) is 17.3 Å². The molecule has 0 bridgehead atoms. The minimum atomic E-state index is -0.537. The van der Waals surface area contributed by atoms with Crippen molar-refractivity contribution in [1.29, 1.82) is 0 Å². The van der Waals surface area contributed by atoms with E-state index in [1.807, 2.05) is 48.5 Å². The van der Waals surface area contributed by atoms with Gasteiger partial charge in [-0.2, -0.15) is 0 Å². The maximum atomic E-state index is 13.0. The number of aromatic hydroxyl groups is 2. The number of hydrogen-bond acceptors (Lipinski definition) is 3. The number of rotatable bonds is 4. The highest BCUT2D eigenvalue weighted by Gasteiger charge is 2.24. The Morgan fingerprint density at radius 3 is 1.91 bits per heavy atom. The van der Waals surface area contributed by atoms with Crippen molar-refractivity contribution in [2.45, 2.75) is 5.92 Å². The molecule has 3 nitrogen and oxygen atoms in total. The van der Waals surface area contributed by atoms with E-state index in [4.69, 9.17) is 0 Å². The minimum absolute atomic E-state index is 0.0538. The van der Waals surface area contributed by atoms with Gasteiger partial charge < -0.3 is 10.2 Å². The second-order valence-electron chi connectivity index (χ2n) is 5.32. The Bertz CT molecular complexity index is 811. The van der Waals surface area contributed by atoms with Gasteiger partial charge in [0, 0.05) is 5.56 Å². The molecule has 3 aromatic rings. The summed E-state index contributed by atoms with van der Waals surface area (Å²) in [7, 11) is 0. The zero-order valence-electron chi connectivity index (χ0n) is 12.4. The Morgan fingerprint density at radius 2 is 1.30 bits per heavy atom. The second kappa shape index (κ2) is 6.36. The van der Waals surface area contributed by atoms with Gasteiger partial charge in [0.25, 0.3) is 0 Å². The van der Waals surface area contributed by atoms with Gasteiger partial charge in [-0.1, -0.05) is 66.7 Å². The maximum absolute atomic E-state index is 13.0. The molecule has 0 aliphatic rings. The lowest BCUT2D eigenvalue weighted by molar-refractivity contribution is 0.0974. The number of phenolic OH excluding ortho intramolecular Hbond substituents is 2. The summed E-state index contributed by atoms with van der Waals surface area (Å²) in [6, 6.07) is 23.0. The van der Waals surface area contributed by atoms with E-state index in [1.165, 1.54) is 12.1 Å². The van der Waals surface area contributed by atoms with Gasteiger partial charge >= 0.3 is 0 Å². The fourth-order valence-corrected chi connectivity index (χ4v) is 2.63. The van der Waals surface area contributed by atoms with Crippen molar-refractivity contribution in [2.24, 2.45) is 0 Å². The van der Waals surface area contributed by atoms with E-state index in [2.05, 4.69) is 0 Å². The van der Waals surface area contributed by atoms with Crippen molar-refractivity contribution in [1.82, 2.24) is 0 Å². The summed E-state index contributed by atoms with van der Waals surface area (Å²) in [4.78, 5) is 13.0. The Labute approximate surface area is 134 Å². The van der Waals surface area contributed by atoms with E-state index in [0.717, 1.165) is 5.56 Å². The molecule has 114 valence electrons. The second-order valence-corrected chi connectivity index (χ2v) is 5.32. The number of carbonyl (C=O) groups excluding carboxylic acids is 1. The molecule has 23 heavy (non-hydrogen) atoms. The standard InChI is InChI=1S/C20H16O3/c21-17-12-11-16(13-18(17)22)19(14-7-3-1-4-8-14)20(23)15-9-5-2-6-10-15/h1-13,19,21-22H. The van der Waals surface area contributed by atoms with Crippen molar-refractivity contribution in [2.75, 3.05) is 0 Å². The molecule has 0 aromatic heterocycles. The molecule has 3 heteroatoms. The fourth-order valence-electron chi connectivity index (χ4n) is 2.63. The SMILES string of the molecule is O=C(c1ccccc1)C(c1ccccc1)c1ccc(O)c(O)c1. The topological polar surface area (TPSA) is 57.5 Å². The molecular weight excluding hydrogens is 288 g/mol. The molecule has 3 rings (SSSR count). The third-order valence-corrected chi connectivity index (χ3v) is 3.79. The maximum Gasteiger partial charge on any atom is 0.174 e. The van der Waals surface area contributed by atoms with Crippen LogP contribution in [0.15, 0.2) is 78.9 Å². The first-order chi connectivity index (χ1) is 11.2. The van der Waals surface area contributed by atoms with Crippen LogP contribution in [0.3, 0.4) is 0 Å². The molecular formula is C20H16O3. The Morgan fingerprint density at radius 1 is 0.696 bits per heavy atom. The molecule has 3 aromatic carbocycles. The quantitative estimate of drug-likeness (QED) is 0.563. The number of hydrogen-bond donors (Lipinski definition) is 2. The van der Waals surface area contributed by atoms with Crippen LogP contribution >= 0.6 is 0 Å². The minimum Gasteiger partial charge on any atom is -0.504 e. The van der Waals surface area contributed by atoms with Crippen molar-refractivity contribution in [3.63, 3.8) is 0 Å². The normalized spacial score (nSPS) is 11.8. The van der Waals surface area contributed by atoms with Crippen molar-refractivity contribution >= 4 is 5.78 Å². The first-order valence-corrected chi connectivity index (χ1v) is 7.33. The zero-order chi connectivity index (χ0) is 16.2. The molecule has 0 saturated heterocycles. The predicted octanol–water partition coefficient (Wildman–Crippen LogP) is 4.11. The molecule has 0 spiro atoms. The highest BCUT2D eigenvalue weighted by molar-refractivity contribution is 6.03. The molecule has 0 amide bonds. The Kier molecular flexibility index (Phi) is 4.11. The van der Waals surface area contributed by atoms with Gasteiger partial charge in [0.2, 0.25) is 0 Å². The highest BCUT2D eigenvalue weighted by Crippen LogP contribution is 2.33. The van der Waals surface area contributed by atoms with Crippen LogP contribution in [0.1, 0.15) is 27.4 Å². The van der Waals surface area contributed by atoms with Crippen LogP contribution in [0.25, 0.3) is 0 Å². The van der Waals surface area contributed by atoms with Gasteiger partial charge in [-0.25, -0.2) is 0 Å². The third-order valence-electron chi connectivity index (χ3n) is 3.79. The van der Waals surface area contributed by atoms with E-state index in [0.29, 0.717) is 11.1 Å². The van der Waals surface area contributed by atoms with Crippen LogP contribution < -0.4 is 0 Å². The van der Waals surface area contributed by atoms with E-state index in [-0.39, 0.29) is 17.3 Å². The van der Waals surface area contributed by atoms with Crippen LogP contribution in [0.2, 0.25) is 0 Å². The van der Waals surface area contributed by atoms with E-state index in [1.54, 1.807) is 18.2 Å².